The van der Waals surface area contributed by atoms with Gasteiger partial charge in [0.15, 0.2) is 17.4 Å². The molecule has 0 saturated carbocycles. The maximum Gasteiger partial charge on any atom is 0.322 e. The van der Waals surface area contributed by atoms with Crippen molar-refractivity contribution in [1.29, 1.82) is 0 Å². The van der Waals surface area contributed by atoms with Crippen molar-refractivity contribution in [3.63, 3.8) is 0 Å². The van der Waals surface area contributed by atoms with Crippen LogP contribution in [0.1, 0.15) is 16.8 Å². The Morgan fingerprint density at radius 2 is 1.79 bits per heavy atom. The number of nitrogens with zero attached hydrogens (tertiary/aromatic N) is 6. The van der Waals surface area contributed by atoms with Crippen molar-refractivity contribution in [2.45, 2.75) is 20.4 Å². The lowest BCUT2D eigenvalue weighted by Crippen LogP contribution is -2.06. The summed E-state index contributed by atoms with van der Waals surface area (Å²) in [6.07, 6.45) is 4.66. The van der Waals surface area contributed by atoms with Gasteiger partial charge in [0.25, 0.3) is 0 Å². The van der Waals surface area contributed by atoms with Gasteiger partial charge < -0.3 is 25.1 Å². The lowest BCUT2D eigenvalue weighted by Gasteiger charge is -2.15. The number of fused-ring (bicyclic) bond motifs is 1. The van der Waals surface area contributed by atoms with Gasteiger partial charge in [-0.25, -0.2) is 24.3 Å². The summed E-state index contributed by atoms with van der Waals surface area (Å²) >= 11 is 0. The number of benzene rings is 2. The Hall–Kier alpha value is -5.58. The molecule has 3 N–H and O–H groups in total. The molecule has 0 atom stereocenters. The summed E-state index contributed by atoms with van der Waals surface area (Å²) in [4.78, 5) is 22.0. The average Bonchev–Trinajstić information content (AvgIpc) is 3.30. The van der Waals surface area contributed by atoms with Crippen LogP contribution in [0.5, 0.6) is 17.5 Å². The molecule has 6 aromatic rings. The highest BCUT2D eigenvalue weighted by Crippen LogP contribution is 2.38. The maximum absolute atomic E-state index is 15.6. The molecule has 0 spiro atoms. The molecule has 4 aromatic heterocycles. The average molecular weight is 563 g/mol. The molecule has 4 heterocycles. The van der Waals surface area contributed by atoms with Crippen molar-refractivity contribution in [2.75, 3.05) is 18.2 Å². The highest BCUT2D eigenvalue weighted by molar-refractivity contribution is 5.96. The summed E-state index contributed by atoms with van der Waals surface area (Å²) in [6.45, 7) is 4.26. The Kier molecular flexibility index (Phi) is 7.05. The standard InChI is InChI=1S/C31H27FN8O2/c1-18-12-13-34-31(39-18)42-26-11-7-22(14-24(26)32)40-28(25-10-6-21(33)16-35-25)19(2)27-29(40)30(38-17-37-27)36-15-20-4-8-23(41-3)9-5-20/h4-14,16-17H,15,33H2,1-3H3,(H,36,37,38). The third kappa shape index (κ3) is 5.15. The number of nitrogen functional groups attached to an aromatic ring is 1. The van der Waals surface area contributed by atoms with Crippen molar-refractivity contribution in [3.05, 3.63) is 102 Å². The first-order chi connectivity index (χ1) is 20.4. The molecule has 10 nitrogen and oxygen atoms in total. The van der Waals surface area contributed by atoms with Gasteiger partial charge in [-0.3, -0.25) is 4.98 Å². The van der Waals surface area contributed by atoms with Crippen molar-refractivity contribution in [3.8, 4) is 34.6 Å². The smallest absolute Gasteiger partial charge is 0.322 e. The van der Waals surface area contributed by atoms with Gasteiger partial charge in [-0.05, 0) is 61.9 Å². The molecule has 210 valence electrons. The van der Waals surface area contributed by atoms with Crippen molar-refractivity contribution < 1.29 is 13.9 Å². The van der Waals surface area contributed by atoms with Crippen LogP contribution in [0.4, 0.5) is 15.9 Å². The van der Waals surface area contributed by atoms with Gasteiger partial charge in [0.1, 0.15) is 17.6 Å². The van der Waals surface area contributed by atoms with E-state index in [4.69, 9.17) is 15.2 Å². The SMILES string of the molecule is COc1ccc(CNc2ncnc3c(C)c(-c4ccc(N)cn4)n(-c4ccc(Oc5nccc(C)n5)c(F)c4)c23)cc1. The van der Waals surface area contributed by atoms with Crippen LogP contribution in [0.3, 0.4) is 0 Å². The van der Waals surface area contributed by atoms with Gasteiger partial charge >= 0.3 is 6.01 Å². The van der Waals surface area contributed by atoms with E-state index in [1.807, 2.05) is 48.7 Å². The van der Waals surface area contributed by atoms with Gasteiger partial charge in [0.2, 0.25) is 0 Å². The number of rotatable bonds is 8. The van der Waals surface area contributed by atoms with Crippen molar-refractivity contribution in [1.82, 2.24) is 29.5 Å². The normalized spacial score (nSPS) is 11.0. The number of nitrogens with two attached hydrogens (primary N) is 1. The van der Waals surface area contributed by atoms with E-state index in [2.05, 4.69) is 30.2 Å². The van der Waals surface area contributed by atoms with Crippen molar-refractivity contribution in [2.24, 2.45) is 0 Å². The van der Waals surface area contributed by atoms with E-state index in [0.717, 1.165) is 22.6 Å². The number of aromatic nitrogens is 6. The Labute approximate surface area is 241 Å². The molecule has 2 aromatic carbocycles. The molecule has 11 heteroatoms. The summed E-state index contributed by atoms with van der Waals surface area (Å²) in [5.41, 5.74) is 12.3. The fourth-order valence-electron chi connectivity index (χ4n) is 4.71. The zero-order valence-electron chi connectivity index (χ0n) is 23.2. The Balaban J connectivity index is 1.47. The lowest BCUT2D eigenvalue weighted by molar-refractivity contribution is 0.410. The van der Waals surface area contributed by atoms with Crippen LogP contribution in [0.15, 0.2) is 79.4 Å². The highest BCUT2D eigenvalue weighted by atomic mass is 19.1. The molecule has 0 radical (unpaired) electrons. The molecule has 0 aliphatic heterocycles. The number of pyridine rings is 1. The van der Waals surface area contributed by atoms with Crippen LogP contribution in [0, 0.1) is 19.7 Å². The number of hydrogen-bond acceptors (Lipinski definition) is 9. The summed E-state index contributed by atoms with van der Waals surface area (Å²) in [6, 6.07) is 17.9. The predicted molar refractivity (Wildman–Crippen MR) is 158 cm³/mol. The van der Waals surface area contributed by atoms with Gasteiger partial charge in [-0.1, -0.05) is 12.1 Å². The number of hydrogen-bond donors (Lipinski definition) is 2. The van der Waals surface area contributed by atoms with E-state index in [0.29, 0.717) is 46.2 Å². The number of methoxy groups -OCH3 is 1. The lowest BCUT2D eigenvalue weighted by atomic mass is 10.1. The number of halogens is 1. The monoisotopic (exact) mass is 562 g/mol. The molecule has 0 fully saturated rings. The third-order valence-electron chi connectivity index (χ3n) is 6.78. The van der Waals surface area contributed by atoms with E-state index >= 15 is 4.39 Å². The molecule has 0 aliphatic rings. The van der Waals surface area contributed by atoms with E-state index in [1.54, 1.807) is 43.8 Å². The second-order valence-electron chi connectivity index (χ2n) is 9.60. The molecular weight excluding hydrogens is 535 g/mol. The summed E-state index contributed by atoms with van der Waals surface area (Å²) in [5, 5.41) is 3.43. The van der Waals surface area contributed by atoms with Crippen LogP contribution >= 0.6 is 0 Å². The Morgan fingerprint density at radius 1 is 0.952 bits per heavy atom. The third-order valence-corrected chi connectivity index (χ3v) is 6.78. The quantitative estimate of drug-likeness (QED) is 0.229. The summed E-state index contributed by atoms with van der Waals surface area (Å²) in [7, 11) is 1.63. The molecule has 42 heavy (non-hydrogen) atoms. The van der Waals surface area contributed by atoms with Crippen LogP contribution in [-0.4, -0.2) is 36.6 Å². The van der Waals surface area contributed by atoms with Crippen LogP contribution in [0.25, 0.3) is 28.1 Å². The Bertz CT molecular complexity index is 1890. The topological polar surface area (TPSA) is 126 Å². The molecule has 0 bridgehead atoms. The molecule has 0 amide bonds. The van der Waals surface area contributed by atoms with Crippen LogP contribution < -0.4 is 20.5 Å². The zero-order valence-corrected chi connectivity index (χ0v) is 23.2. The molecule has 6 rings (SSSR count). The van der Waals surface area contributed by atoms with E-state index in [-0.39, 0.29) is 11.8 Å². The second-order valence-corrected chi connectivity index (χ2v) is 9.60. The largest absolute Gasteiger partial charge is 0.497 e. The van der Waals surface area contributed by atoms with Gasteiger partial charge in [0.05, 0.1) is 35.9 Å². The number of nitrogens with one attached hydrogen (secondary N) is 1. The number of ether oxygens (including phenoxy) is 2. The molecule has 0 aliphatic carbocycles. The second kappa shape index (κ2) is 11.1. The van der Waals surface area contributed by atoms with Gasteiger partial charge in [-0.2, -0.15) is 0 Å². The fourth-order valence-corrected chi connectivity index (χ4v) is 4.71. The molecular formula is C31H27FN8O2. The number of anilines is 2. The van der Waals surface area contributed by atoms with Gasteiger partial charge in [0, 0.05) is 35.8 Å². The molecule has 0 unspecified atom stereocenters. The summed E-state index contributed by atoms with van der Waals surface area (Å²) in [5.74, 6) is 0.767. The summed E-state index contributed by atoms with van der Waals surface area (Å²) < 4.78 is 28.4. The highest BCUT2D eigenvalue weighted by Gasteiger charge is 2.23. The van der Waals surface area contributed by atoms with Crippen molar-refractivity contribution >= 4 is 22.5 Å². The first-order valence-corrected chi connectivity index (χ1v) is 13.1. The van der Waals surface area contributed by atoms with Gasteiger partial charge in [-0.15, -0.1) is 0 Å². The predicted octanol–water partition coefficient (Wildman–Crippen LogP) is 6.02. The minimum absolute atomic E-state index is 0.00111. The zero-order chi connectivity index (χ0) is 29.2. The minimum Gasteiger partial charge on any atom is -0.497 e. The first kappa shape index (κ1) is 26.6. The first-order valence-electron chi connectivity index (χ1n) is 13.1. The fraction of sp³-hybridized carbons (Fsp3) is 0.129. The minimum atomic E-state index is -0.585. The van der Waals surface area contributed by atoms with E-state index in [9.17, 15) is 0 Å². The van der Waals surface area contributed by atoms with E-state index in [1.165, 1.54) is 12.4 Å². The number of aryl methyl sites for hydroxylation is 2. The van der Waals surface area contributed by atoms with Crippen LogP contribution in [0.2, 0.25) is 0 Å². The Morgan fingerprint density at radius 3 is 2.50 bits per heavy atom. The maximum atomic E-state index is 15.6. The van der Waals surface area contributed by atoms with E-state index < -0.39 is 5.82 Å². The molecule has 0 saturated heterocycles. The van der Waals surface area contributed by atoms with Crippen LogP contribution in [-0.2, 0) is 6.54 Å².